The summed E-state index contributed by atoms with van der Waals surface area (Å²) in [6.07, 6.45) is 2.01. The molecule has 0 aromatic heterocycles. The second-order valence-corrected chi connectivity index (χ2v) is 5.48. The van der Waals surface area contributed by atoms with Crippen LogP contribution in [0.15, 0.2) is 58.8 Å². The van der Waals surface area contributed by atoms with Crippen molar-refractivity contribution in [3.63, 3.8) is 0 Å². The number of amides is 2. The minimum Gasteiger partial charge on any atom is -0.355 e. The van der Waals surface area contributed by atoms with Crippen molar-refractivity contribution < 1.29 is 9.59 Å². The van der Waals surface area contributed by atoms with Gasteiger partial charge in [-0.05, 0) is 55.0 Å². The van der Waals surface area contributed by atoms with Crippen LogP contribution in [0.1, 0.15) is 40.5 Å². The molecule has 0 radical (unpaired) electrons. The van der Waals surface area contributed by atoms with Crippen LogP contribution in [0.4, 0.5) is 11.4 Å². The molecule has 0 bridgehead atoms. The molecule has 6 nitrogen and oxygen atoms in total. The van der Waals surface area contributed by atoms with E-state index in [2.05, 4.69) is 27.8 Å². The van der Waals surface area contributed by atoms with Gasteiger partial charge in [0.05, 0.1) is 11.4 Å². The van der Waals surface area contributed by atoms with Gasteiger partial charge in [0, 0.05) is 24.7 Å². The summed E-state index contributed by atoms with van der Waals surface area (Å²) in [5, 5.41) is 13.7. The van der Waals surface area contributed by atoms with Crippen LogP contribution < -0.4 is 10.6 Å². The van der Waals surface area contributed by atoms with Crippen LogP contribution in [0, 0.1) is 0 Å². The molecule has 0 spiro atoms. The summed E-state index contributed by atoms with van der Waals surface area (Å²) in [6, 6.07) is 13.8. The number of azo groups is 1. The summed E-state index contributed by atoms with van der Waals surface area (Å²) >= 11 is 0. The van der Waals surface area contributed by atoms with Crippen LogP contribution in [-0.2, 0) is 0 Å². The van der Waals surface area contributed by atoms with Gasteiger partial charge in [-0.25, -0.2) is 0 Å². The Balaban J connectivity index is 1.97. The number of unbranched alkanes of at least 4 members (excludes halogenated alkanes) is 1. The molecular formula is C19H22N4O2. The van der Waals surface area contributed by atoms with Crippen molar-refractivity contribution in [3.8, 4) is 0 Å². The number of nitrogens with one attached hydrogen (secondary N) is 2. The van der Waals surface area contributed by atoms with Gasteiger partial charge in [-0.15, -0.1) is 0 Å². The van der Waals surface area contributed by atoms with E-state index in [1.807, 2.05) is 0 Å². The molecule has 2 N–H and O–H groups in total. The van der Waals surface area contributed by atoms with Crippen molar-refractivity contribution in [2.45, 2.75) is 19.8 Å². The SMILES string of the molecule is CCCCNC(=O)c1ccc(N=Nc2ccc(C(=O)NC)cc2)cc1. The lowest BCUT2D eigenvalue weighted by Crippen LogP contribution is -2.24. The highest BCUT2D eigenvalue weighted by Gasteiger charge is 2.04. The molecule has 6 heteroatoms. The maximum absolute atomic E-state index is 11.9. The molecule has 0 atom stereocenters. The van der Waals surface area contributed by atoms with E-state index in [-0.39, 0.29) is 11.8 Å². The van der Waals surface area contributed by atoms with Gasteiger partial charge in [0.1, 0.15) is 0 Å². The molecule has 2 rings (SSSR count). The van der Waals surface area contributed by atoms with Crippen LogP contribution in [-0.4, -0.2) is 25.4 Å². The summed E-state index contributed by atoms with van der Waals surface area (Å²) in [7, 11) is 1.59. The van der Waals surface area contributed by atoms with E-state index in [1.165, 1.54) is 0 Å². The Morgan fingerprint density at radius 2 is 1.32 bits per heavy atom. The number of benzene rings is 2. The zero-order chi connectivity index (χ0) is 18.1. The summed E-state index contributed by atoms with van der Waals surface area (Å²) in [6.45, 7) is 2.76. The van der Waals surface area contributed by atoms with Gasteiger partial charge in [0.15, 0.2) is 0 Å². The molecule has 2 amide bonds. The van der Waals surface area contributed by atoms with Crippen molar-refractivity contribution in [2.24, 2.45) is 10.2 Å². The molecule has 25 heavy (non-hydrogen) atoms. The maximum atomic E-state index is 11.9. The average Bonchev–Trinajstić information content (AvgIpc) is 2.66. The molecule has 0 unspecified atom stereocenters. The van der Waals surface area contributed by atoms with Crippen molar-refractivity contribution in [1.82, 2.24) is 10.6 Å². The van der Waals surface area contributed by atoms with E-state index in [1.54, 1.807) is 55.6 Å². The van der Waals surface area contributed by atoms with Crippen molar-refractivity contribution in [2.75, 3.05) is 13.6 Å². The highest BCUT2D eigenvalue weighted by atomic mass is 16.2. The number of carbonyl (C=O) groups excluding carboxylic acids is 2. The number of hydrogen-bond acceptors (Lipinski definition) is 4. The molecule has 0 heterocycles. The third-order valence-electron chi connectivity index (χ3n) is 3.58. The number of rotatable bonds is 7. The molecule has 0 aliphatic rings. The van der Waals surface area contributed by atoms with E-state index >= 15 is 0 Å². The normalized spacial score (nSPS) is 10.6. The minimum atomic E-state index is -0.142. The summed E-state index contributed by atoms with van der Waals surface area (Å²) in [5.74, 6) is -0.224. The lowest BCUT2D eigenvalue weighted by atomic mass is 10.2. The van der Waals surface area contributed by atoms with Crippen LogP contribution in [0.3, 0.4) is 0 Å². The predicted octanol–water partition coefficient (Wildman–Crippen LogP) is 3.99. The van der Waals surface area contributed by atoms with Gasteiger partial charge in [0.25, 0.3) is 11.8 Å². The molecular weight excluding hydrogens is 316 g/mol. The van der Waals surface area contributed by atoms with Gasteiger partial charge in [-0.3, -0.25) is 9.59 Å². The van der Waals surface area contributed by atoms with Crippen LogP contribution in [0.25, 0.3) is 0 Å². The minimum absolute atomic E-state index is 0.0817. The summed E-state index contributed by atoms with van der Waals surface area (Å²) in [5.41, 5.74) is 2.47. The highest BCUT2D eigenvalue weighted by molar-refractivity contribution is 5.94. The lowest BCUT2D eigenvalue weighted by molar-refractivity contribution is 0.0948. The molecule has 0 fully saturated rings. The smallest absolute Gasteiger partial charge is 0.251 e. The molecule has 0 saturated carbocycles. The first-order valence-electron chi connectivity index (χ1n) is 8.26. The third-order valence-corrected chi connectivity index (χ3v) is 3.58. The van der Waals surface area contributed by atoms with E-state index in [0.717, 1.165) is 12.8 Å². The fourth-order valence-corrected chi connectivity index (χ4v) is 2.10. The summed E-state index contributed by atoms with van der Waals surface area (Å²) in [4.78, 5) is 23.4. The monoisotopic (exact) mass is 338 g/mol. The molecule has 2 aromatic rings. The first-order valence-corrected chi connectivity index (χ1v) is 8.26. The average molecular weight is 338 g/mol. The molecule has 130 valence electrons. The molecule has 0 aliphatic heterocycles. The molecule has 0 saturated heterocycles. The molecule has 2 aromatic carbocycles. The maximum Gasteiger partial charge on any atom is 0.251 e. The van der Waals surface area contributed by atoms with Crippen molar-refractivity contribution in [1.29, 1.82) is 0 Å². The van der Waals surface area contributed by atoms with E-state index in [4.69, 9.17) is 0 Å². The quantitative estimate of drug-likeness (QED) is 0.591. The van der Waals surface area contributed by atoms with Gasteiger partial charge in [-0.2, -0.15) is 10.2 Å². The first kappa shape index (κ1) is 18.3. The first-order chi connectivity index (χ1) is 12.1. The van der Waals surface area contributed by atoms with Gasteiger partial charge in [-0.1, -0.05) is 13.3 Å². The Labute approximate surface area is 147 Å². The highest BCUT2D eigenvalue weighted by Crippen LogP contribution is 2.19. The standard InChI is InChI=1S/C19H22N4O2/c1-3-4-13-21-19(25)15-7-11-17(12-8-15)23-22-16-9-5-14(6-10-16)18(24)20-2/h5-12H,3-4,13H2,1-2H3,(H,20,24)(H,21,25). The number of hydrogen-bond donors (Lipinski definition) is 2. The van der Waals surface area contributed by atoms with Crippen LogP contribution >= 0.6 is 0 Å². The Kier molecular flexibility index (Phi) is 6.83. The van der Waals surface area contributed by atoms with Crippen molar-refractivity contribution in [3.05, 3.63) is 59.7 Å². The van der Waals surface area contributed by atoms with E-state index in [0.29, 0.717) is 29.0 Å². The Morgan fingerprint density at radius 3 is 1.76 bits per heavy atom. The fraction of sp³-hybridized carbons (Fsp3) is 0.263. The third kappa shape index (κ3) is 5.53. The van der Waals surface area contributed by atoms with E-state index < -0.39 is 0 Å². The van der Waals surface area contributed by atoms with Gasteiger partial charge >= 0.3 is 0 Å². The van der Waals surface area contributed by atoms with E-state index in [9.17, 15) is 9.59 Å². The second-order valence-electron chi connectivity index (χ2n) is 5.48. The van der Waals surface area contributed by atoms with Gasteiger partial charge in [0.2, 0.25) is 0 Å². The zero-order valence-electron chi connectivity index (χ0n) is 14.5. The second kappa shape index (κ2) is 9.32. The molecule has 0 aliphatic carbocycles. The predicted molar refractivity (Wildman–Crippen MR) is 97.7 cm³/mol. The zero-order valence-corrected chi connectivity index (χ0v) is 14.5. The number of carbonyl (C=O) groups is 2. The largest absolute Gasteiger partial charge is 0.355 e. The van der Waals surface area contributed by atoms with Gasteiger partial charge < -0.3 is 10.6 Å². The fourth-order valence-electron chi connectivity index (χ4n) is 2.10. The topological polar surface area (TPSA) is 82.9 Å². The van der Waals surface area contributed by atoms with Crippen LogP contribution in [0.5, 0.6) is 0 Å². The van der Waals surface area contributed by atoms with Crippen LogP contribution in [0.2, 0.25) is 0 Å². The Hall–Kier alpha value is -3.02. The Morgan fingerprint density at radius 1 is 0.840 bits per heavy atom. The summed E-state index contributed by atoms with van der Waals surface area (Å²) < 4.78 is 0. The Bertz CT molecular complexity index is 737. The lowest BCUT2D eigenvalue weighted by Gasteiger charge is -2.04. The van der Waals surface area contributed by atoms with Crippen molar-refractivity contribution >= 4 is 23.2 Å². The number of nitrogens with zero attached hydrogens (tertiary/aromatic N) is 2.